The summed E-state index contributed by atoms with van der Waals surface area (Å²) in [4.78, 5) is 12.5. The Morgan fingerprint density at radius 3 is 2.09 bits per heavy atom. The fraction of sp³-hybridized carbons (Fsp3) is 0.348. The summed E-state index contributed by atoms with van der Waals surface area (Å²) in [7, 11) is 0. The smallest absolute Gasteiger partial charge is 0.349 e. The molecule has 1 unspecified atom stereocenters. The van der Waals surface area contributed by atoms with Crippen molar-refractivity contribution in [3.05, 3.63) is 73.2 Å². The molecule has 0 spiro atoms. The van der Waals surface area contributed by atoms with Gasteiger partial charge in [-0.3, -0.25) is 4.79 Å². The maximum absolute atomic E-state index is 14.9. The molecule has 0 bridgehead atoms. The molecule has 2 aromatic rings. The summed E-state index contributed by atoms with van der Waals surface area (Å²) in [6.07, 6.45) is -5.09. The van der Waals surface area contributed by atoms with Gasteiger partial charge in [0.2, 0.25) is 5.92 Å². The highest BCUT2D eigenvalue weighted by Gasteiger charge is 2.40. The van der Waals surface area contributed by atoms with Gasteiger partial charge in [-0.05, 0) is 48.7 Å². The third-order valence-corrected chi connectivity index (χ3v) is 7.08. The van der Waals surface area contributed by atoms with E-state index in [9.17, 15) is 31.1 Å². The van der Waals surface area contributed by atoms with Crippen LogP contribution >= 0.6 is 46.4 Å². The molecule has 1 aliphatic rings. The number of amides is 1. The van der Waals surface area contributed by atoms with E-state index in [4.69, 9.17) is 46.4 Å². The molecule has 1 amide bonds. The Morgan fingerprint density at radius 1 is 1.00 bits per heavy atom. The molecule has 0 aromatic heterocycles. The molecule has 190 valence electrons. The molecule has 3 rings (SSSR count). The molecule has 2 aromatic carbocycles. The normalized spacial score (nSPS) is 17.8. The zero-order valence-electron chi connectivity index (χ0n) is 17.6. The zero-order valence-corrected chi connectivity index (χ0v) is 20.7. The van der Waals surface area contributed by atoms with Crippen LogP contribution in [0, 0.1) is 0 Å². The van der Waals surface area contributed by atoms with E-state index in [1.807, 2.05) is 0 Å². The van der Waals surface area contributed by atoms with Crippen LogP contribution in [0.15, 0.2) is 36.4 Å². The third kappa shape index (κ3) is 7.00. The number of allylic oxidation sites excluding steroid dienone is 1. The maximum Gasteiger partial charge on any atom is 0.399 e. The first-order valence-electron chi connectivity index (χ1n) is 10.2. The van der Waals surface area contributed by atoms with Crippen LogP contribution < -0.4 is 5.32 Å². The van der Waals surface area contributed by atoms with E-state index in [1.165, 1.54) is 0 Å². The highest BCUT2D eigenvalue weighted by atomic mass is 35.5. The van der Waals surface area contributed by atoms with Crippen molar-refractivity contribution < 1.29 is 31.1 Å². The van der Waals surface area contributed by atoms with E-state index in [0.717, 1.165) is 30.3 Å². The van der Waals surface area contributed by atoms with Gasteiger partial charge in [-0.15, -0.1) is 0 Å². The lowest BCUT2D eigenvalue weighted by Gasteiger charge is -2.28. The Balaban J connectivity index is 1.83. The molecular weight excluding hydrogens is 562 g/mol. The predicted molar refractivity (Wildman–Crippen MR) is 125 cm³/mol. The van der Waals surface area contributed by atoms with Crippen molar-refractivity contribution in [3.8, 4) is 0 Å². The average Bonchev–Trinajstić information content (AvgIpc) is 2.75. The Kier molecular flexibility index (Phi) is 8.62. The molecular formula is C23H17Cl4F6NO. The van der Waals surface area contributed by atoms with E-state index >= 15 is 0 Å². The van der Waals surface area contributed by atoms with Gasteiger partial charge >= 0.3 is 6.18 Å². The summed E-state index contributed by atoms with van der Waals surface area (Å²) < 4.78 is 82.6. The largest absolute Gasteiger partial charge is 0.399 e. The molecule has 0 saturated heterocycles. The molecule has 1 N–H and O–H groups in total. The molecule has 2 nitrogen and oxygen atoms in total. The molecule has 1 atom stereocenters. The molecule has 1 saturated carbocycles. The van der Waals surface area contributed by atoms with Gasteiger partial charge in [0.05, 0.1) is 25.7 Å². The number of hydrogen-bond acceptors (Lipinski definition) is 1. The Hall–Kier alpha value is -1.61. The van der Waals surface area contributed by atoms with Gasteiger partial charge in [0.25, 0.3) is 5.91 Å². The number of rotatable bonds is 5. The fourth-order valence-electron chi connectivity index (χ4n) is 3.67. The van der Waals surface area contributed by atoms with Crippen molar-refractivity contribution in [2.75, 3.05) is 0 Å². The Morgan fingerprint density at radius 2 is 1.57 bits per heavy atom. The summed E-state index contributed by atoms with van der Waals surface area (Å²) in [5, 5.41) is 1.80. The lowest BCUT2D eigenvalue weighted by molar-refractivity contribution is -0.139. The van der Waals surface area contributed by atoms with Crippen LogP contribution in [0.2, 0.25) is 20.1 Å². The summed E-state index contributed by atoms with van der Waals surface area (Å²) in [6, 6.07) is 4.67. The molecule has 0 radical (unpaired) electrons. The van der Waals surface area contributed by atoms with Gasteiger partial charge in [0.15, 0.2) is 0 Å². The maximum atomic E-state index is 14.9. The number of carbonyl (C=O) groups excluding carboxylic acids is 1. The molecule has 12 heteroatoms. The average molecular weight is 579 g/mol. The number of nitrogens with one attached hydrogen (secondary N) is 1. The van der Waals surface area contributed by atoms with E-state index in [-0.39, 0.29) is 56.9 Å². The minimum absolute atomic E-state index is 0.0656. The second-order valence-corrected chi connectivity index (χ2v) is 9.73. The molecule has 1 fully saturated rings. The number of alkyl halides is 5. The summed E-state index contributed by atoms with van der Waals surface area (Å²) >= 11 is 23.5. The lowest BCUT2D eigenvalue weighted by Crippen LogP contribution is -2.40. The van der Waals surface area contributed by atoms with Crippen molar-refractivity contribution in [1.29, 1.82) is 0 Å². The second kappa shape index (κ2) is 10.8. The summed E-state index contributed by atoms with van der Waals surface area (Å²) in [5.74, 6) is -7.07. The SMILES string of the molecule is O=C(NC1CCC(F)(F)CC1)c1ccc(C(F)=CC(c2cc(Cl)c(Cl)c(Cl)c2)C(F)(F)F)cc1Cl. The van der Waals surface area contributed by atoms with Crippen molar-refractivity contribution in [2.45, 2.75) is 49.7 Å². The van der Waals surface area contributed by atoms with Crippen LogP contribution in [-0.4, -0.2) is 24.0 Å². The van der Waals surface area contributed by atoms with Crippen LogP contribution in [0.1, 0.15) is 53.1 Å². The minimum Gasteiger partial charge on any atom is -0.349 e. The molecule has 0 heterocycles. The van der Waals surface area contributed by atoms with Gasteiger partial charge in [0, 0.05) is 24.4 Å². The lowest BCUT2D eigenvalue weighted by atomic mass is 9.92. The number of halogens is 10. The van der Waals surface area contributed by atoms with E-state index in [0.29, 0.717) is 6.08 Å². The molecule has 35 heavy (non-hydrogen) atoms. The predicted octanol–water partition coefficient (Wildman–Crippen LogP) is 9.26. The fourth-order valence-corrected chi connectivity index (χ4v) is 4.55. The monoisotopic (exact) mass is 577 g/mol. The van der Waals surface area contributed by atoms with Gasteiger partial charge < -0.3 is 5.32 Å². The van der Waals surface area contributed by atoms with Crippen LogP contribution in [0.25, 0.3) is 5.83 Å². The van der Waals surface area contributed by atoms with Crippen LogP contribution in [0.4, 0.5) is 26.3 Å². The standard InChI is InChI=1S/C23H17Cl4F6NO/c24-16-7-11(1-2-14(16)21(35)34-13-3-5-22(29,30)6-4-13)19(28)10-15(23(31,32)33)12-8-17(25)20(27)18(26)9-12/h1-2,7-10,13,15H,3-6H2,(H,34,35). The molecule has 0 aliphatic heterocycles. The molecule has 1 aliphatic carbocycles. The van der Waals surface area contributed by atoms with E-state index in [1.54, 1.807) is 0 Å². The van der Waals surface area contributed by atoms with Crippen molar-refractivity contribution in [1.82, 2.24) is 5.32 Å². The zero-order chi connectivity index (χ0) is 26.1. The second-order valence-electron chi connectivity index (χ2n) is 8.13. The number of benzene rings is 2. The Labute approximate surface area is 217 Å². The topological polar surface area (TPSA) is 29.1 Å². The van der Waals surface area contributed by atoms with Crippen LogP contribution in [-0.2, 0) is 0 Å². The van der Waals surface area contributed by atoms with Gasteiger partial charge in [-0.25, -0.2) is 13.2 Å². The van der Waals surface area contributed by atoms with E-state index < -0.39 is 41.4 Å². The quantitative estimate of drug-likeness (QED) is 0.278. The van der Waals surface area contributed by atoms with Gasteiger partial charge in [0.1, 0.15) is 11.7 Å². The summed E-state index contributed by atoms with van der Waals surface area (Å²) in [5.41, 5.74) is -0.791. The van der Waals surface area contributed by atoms with Crippen molar-refractivity contribution in [3.63, 3.8) is 0 Å². The van der Waals surface area contributed by atoms with Crippen LogP contribution in [0.3, 0.4) is 0 Å². The Bertz CT molecular complexity index is 1120. The van der Waals surface area contributed by atoms with Gasteiger partial charge in [-0.1, -0.05) is 52.5 Å². The first-order chi connectivity index (χ1) is 16.2. The minimum atomic E-state index is -4.89. The first kappa shape index (κ1) is 28.0. The van der Waals surface area contributed by atoms with Crippen LogP contribution in [0.5, 0.6) is 0 Å². The third-order valence-electron chi connectivity index (χ3n) is 5.57. The number of carbonyl (C=O) groups is 1. The number of hydrogen-bond donors (Lipinski definition) is 1. The highest BCUT2D eigenvalue weighted by molar-refractivity contribution is 6.48. The van der Waals surface area contributed by atoms with Crippen molar-refractivity contribution >= 4 is 58.1 Å². The highest BCUT2D eigenvalue weighted by Crippen LogP contribution is 2.42. The van der Waals surface area contributed by atoms with E-state index in [2.05, 4.69) is 5.32 Å². The van der Waals surface area contributed by atoms with Gasteiger partial charge in [-0.2, -0.15) is 13.2 Å². The summed E-state index contributed by atoms with van der Waals surface area (Å²) in [6.45, 7) is 0. The van der Waals surface area contributed by atoms with Crippen molar-refractivity contribution in [2.24, 2.45) is 0 Å². The first-order valence-corrected chi connectivity index (χ1v) is 11.8.